The van der Waals surface area contributed by atoms with Crippen LogP contribution in [-0.4, -0.2) is 45.2 Å². The van der Waals surface area contributed by atoms with Crippen molar-refractivity contribution in [3.8, 4) is 0 Å². The molecule has 1 aliphatic heterocycles. The molecule has 1 aliphatic rings. The molecule has 4 heteroatoms. The second kappa shape index (κ2) is 6.39. The molecule has 0 unspecified atom stereocenters. The van der Waals surface area contributed by atoms with Gasteiger partial charge in [0.15, 0.2) is 0 Å². The highest BCUT2D eigenvalue weighted by Gasteiger charge is 2.30. The molecule has 0 aliphatic carbocycles. The Morgan fingerprint density at radius 2 is 2.09 bits per heavy atom. The lowest BCUT2D eigenvalue weighted by Gasteiger charge is -2.37. The fourth-order valence-electron chi connectivity index (χ4n) is 3.48. The molecule has 2 aromatic rings. The van der Waals surface area contributed by atoms with Crippen molar-refractivity contribution in [1.82, 2.24) is 14.9 Å². The van der Waals surface area contributed by atoms with Gasteiger partial charge < -0.3 is 10.1 Å². The van der Waals surface area contributed by atoms with Crippen LogP contribution in [0.3, 0.4) is 0 Å². The van der Waals surface area contributed by atoms with E-state index in [1.165, 1.54) is 12.8 Å². The minimum atomic E-state index is -0.546. The number of para-hydroxylation sites is 2. The fourth-order valence-corrected chi connectivity index (χ4v) is 3.48. The molecular formula is C18H27N3O. The van der Waals surface area contributed by atoms with Gasteiger partial charge in [-0.1, -0.05) is 26.0 Å². The number of benzene rings is 1. The number of aromatic nitrogens is 2. The Labute approximate surface area is 132 Å². The summed E-state index contributed by atoms with van der Waals surface area (Å²) in [6.07, 6.45) is 3.98. The van der Waals surface area contributed by atoms with Crippen molar-refractivity contribution < 1.29 is 5.11 Å². The third-order valence-electron chi connectivity index (χ3n) is 5.13. The lowest BCUT2D eigenvalue weighted by Crippen LogP contribution is -2.46. The Kier molecular flexibility index (Phi) is 4.50. The number of aliphatic hydroxyl groups is 1. The van der Waals surface area contributed by atoms with E-state index >= 15 is 0 Å². The van der Waals surface area contributed by atoms with E-state index in [1.807, 2.05) is 12.1 Å². The minimum Gasteiger partial charge on any atom is -0.389 e. The summed E-state index contributed by atoms with van der Waals surface area (Å²) in [5.41, 5.74) is 1.62. The van der Waals surface area contributed by atoms with Crippen molar-refractivity contribution in [2.24, 2.45) is 0 Å². The Morgan fingerprint density at radius 1 is 1.32 bits per heavy atom. The molecule has 4 nitrogen and oxygen atoms in total. The molecule has 0 radical (unpaired) electrons. The molecule has 120 valence electrons. The summed E-state index contributed by atoms with van der Waals surface area (Å²) in [5.74, 6) is 1.54. The van der Waals surface area contributed by atoms with E-state index in [9.17, 15) is 5.11 Å². The summed E-state index contributed by atoms with van der Waals surface area (Å²) in [7, 11) is 0. The van der Waals surface area contributed by atoms with Gasteiger partial charge >= 0.3 is 0 Å². The van der Waals surface area contributed by atoms with Gasteiger partial charge in [-0.15, -0.1) is 0 Å². The molecule has 0 amide bonds. The number of aromatic amines is 1. The molecule has 1 aromatic carbocycles. The number of nitrogens with one attached hydrogen (secondary N) is 1. The highest BCUT2D eigenvalue weighted by atomic mass is 16.3. The van der Waals surface area contributed by atoms with E-state index in [0.29, 0.717) is 5.92 Å². The molecule has 0 saturated carbocycles. The number of imidazole rings is 1. The molecule has 3 rings (SSSR count). The largest absolute Gasteiger partial charge is 0.389 e. The van der Waals surface area contributed by atoms with Crippen molar-refractivity contribution in [2.45, 2.75) is 51.0 Å². The van der Waals surface area contributed by atoms with Crippen LogP contribution in [-0.2, 0) is 0 Å². The number of piperidine rings is 1. The topological polar surface area (TPSA) is 52.1 Å². The zero-order valence-electron chi connectivity index (χ0n) is 13.7. The summed E-state index contributed by atoms with van der Waals surface area (Å²) in [5, 5.41) is 10.6. The maximum atomic E-state index is 10.6. The first-order chi connectivity index (χ1) is 10.6. The predicted molar refractivity (Wildman–Crippen MR) is 90.0 cm³/mol. The highest BCUT2D eigenvalue weighted by Crippen LogP contribution is 2.28. The zero-order valence-corrected chi connectivity index (χ0v) is 13.7. The first-order valence-electron chi connectivity index (χ1n) is 8.53. The van der Waals surface area contributed by atoms with Crippen LogP contribution in [0.15, 0.2) is 24.3 Å². The number of H-pyrrole nitrogens is 1. The number of β-amino-alcohol motifs (C(OH)–C–C–N with tert-alkyl or cyclic N) is 1. The summed E-state index contributed by atoms with van der Waals surface area (Å²) >= 11 is 0. The number of hydrogen-bond donors (Lipinski definition) is 2. The molecule has 22 heavy (non-hydrogen) atoms. The monoisotopic (exact) mass is 301 g/mol. The summed E-state index contributed by atoms with van der Waals surface area (Å²) < 4.78 is 0. The van der Waals surface area contributed by atoms with Crippen molar-refractivity contribution in [2.75, 3.05) is 19.6 Å². The molecule has 1 atom stereocenters. The highest BCUT2D eigenvalue weighted by molar-refractivity contribution is 5.74. The second-order valence-corrected chi connectivity index (χ2v) is 6.64. The number of rotatable bonds is 5. The van der Waals surface area contributed by atoms with Crippen LogP contribution in [0, 0.1) is 0 Å². The van der Waals surface area contributed by atoms with Crippen LogP contribution in [0.5, 0.6) is 0 Å². The van der Waals surface area contributed by atoms with E-state index < -0.39 is 5.60 Å². The van der Waals surface area contributed by atoms with Gasteiger partial charge in [0.2, 0.25) is 0 Å². The molecule has 2 heterocycles. The van der Waals surface area contributed by atoms with Gasteiger partial charge in [0.05, 0.1) is 16.6 Å². The van der Waals surface area contributed by atoms with Crippen molar-refractivity contribution >= 4 is 11.0 Å². The number of hydrogen-bond acceptors (Lipinski definition) is 3. The van der Waals surface area contributed by atoms with Gasteiger partial charge in [0.1, 0.15) is 5.82 Å². The Morgan fingerprint density at radius 3 is 2.82 bits per heavy atom. The van der Waals surface area contributed by atoms with Crippen molar-refractivity contribution in [3.05, 3.63) is 30.1 Å². The Bertz CT molecular complexity index is 585. The molecular weight excluding hydrogens is 274 g/mol. The van der Waals surface area contributed by atoms with Crippen LogP contribution >= 0.6 is 0 Å². The van der Waals surface area contributed by atoms with Gasteiger partial charge in [0, 0.05) is 19.0 Å². The average molecular weight is 301 g/mol. The predicted octanol–water partition coefficient (Wildman–Crippen LogP) is 3.29. The third kappa shape index (κ3) is 3.18. The maximum Gasteiger partial charge on any atom is 0.111 e. The molecule has 0 spiro atoms. The van der Waals surface area contributed by atoms with Gasteiger partial charge in [-0.25, -0.2) is 4.98 Å². The standard InChI is InChI=1S/C18H27N3O/c1-3-18(22,4-2)13-21-11-7-8-14(12-21)17-19-15-9-5-6-10-16(15)20-17/h5-6,9-10,14,22H,3-4,7-8,11-13H2,1-2H3,(H,19,20)/t14-/m0/s1. The lowest BCUT2D eigenvalue weighted by molar-refractivity contribution is -0.0101. The number of likely N-dealkylation sites (tertiary alicyclic amines) is 1. The summed E-state index contributed by atoms with van der Waals surface area (Å²) in [6.45, 7) is 6.99. The molecule has 1 aromatic heterocycles. The van der Waals surface area contributed by atoms with Crippen LogP contribution in [0.1, 0.15) is 51.3 Å². The zero-order chi connectivity index (χ0) is 15.6. The van der Waals surface area contributed by atoms with Gasteiger partial charge in [-0.2, -0.15) is 0 Å². The normalized spacial score (nSPS) is 20.6. The van der Waals surface area contributed by atoms with E-state index in [-0.39, 0.29) is 0 Å². The van der Waals surface area contributed by atoms with Crippen molar-refractivity contribution in [3.63, 3.8) is 0 Å². The molecule has 0 bridgehead atoms. The minimum absolute atomic E-state index is 0.444. The number of fused-ring (bicyclic) bond motifs is 1. The lowest BCUT2D eigenvalue weighted by atomic mass is 9.92. The Hall–Kier alpha value is -1.39. The fraction of sp³-hybridized carbons (Fsp3) is 0.611. The van der Waals surface area contributed by atoms with E-state index in [2.05, 4.69) is 35.9 Å². The van der Waals surface area contributed by atoms with Crippen LogP contribution < -0.4 is 0 Å². The van der Waals surface area contributed by atoms with Gasteiger partial charge in [0.25, 0.3) is 0 Å². The molecule has 1 fully saturated rings. The first-order valence-corrected chi connectivity index (χ1v) is 8.53. The van der Waals surface area contributed by atoms with Crippen LogP contribution in [0.4, 0.5) is 0 Å². The molecule has 1 saturated heterocycles. The second-order valence-electron chi connectivity index (χ2n) is 6.64. The summed E-state index contributed by atoms with van der Waals surface area (Å²) in [4.78, 5) is 10.7. The van der Waals surface area contributed by atoms with Crippen LogP contribution in [0.2, 0.25) is 0 Å². The maximum absolute atomic E-state index is 10.6. The van der Waals surface area contributed by atoms with E-state index in [1.54, 1.807) is 0 Å². The van der Waals surface area contributed by atoms with Gasteiger partial charge in [-0.05, 0) is 44.4 Å². The quantitative estimate of drug-likeness (QED) is 0.891. The smallest absolute Gasteiger partial charge is 0.111 e. The third-order valence-corrected chi connectivity index (χ3v) is 5.13. The SMILES string of the molecule is CCC(O)(CC)CN1CCC[C@H](c2nc3ccccc3[nH]2)C1. The van der Waals surface area contributed by atoms with E-state index in [4.69, 9.17) is 4.98 Å². The van der Waals surface area contributed by atoms with E-state index in [0.717, 1.165) is 49.3 Å². The average Bonchev–Trinajstić information content (AvgIpc) is 2.99. The number of nitrogens with zero attached hydrogens (tertiary/aromatic N) is 2. The van der Waals surface area contributed by atoms with Crippen LogP contribution in [0.25, 0.3) is 11.0 Å². The van der Waals surface area contributed by atoms with Gasteiger partial charge in [-0.3, -0.25) is 4.90 Å². The Balaban J connectivity index is 1.72. The first kappa shape index (κ1) is 15.5. The molecule has 2 N–H and O–H groups in total. The summed E-state index contributed by atoms with van der Waals surface area (Å²) in [6, 6.07) is 8.21. The van der Waals surface area contributed by atoms with Crippen molar-refractivity contribution in [1.29, 1.82) is 0 Å².